The lowest BCUT2D eigenvalue weighted by Gasteiger charge is -2.23. The summed E-state index contributed by atoms with van der Waals surface area (Å²) in [5.41, 5.74) is 2.62. The zero-order chi connectivity index (χ0) is 19.8. The van der Waals surface area contributed by atoms with Gasteiger partial charge in [-0.2, -0.15) is 0 Å². The minimum absolute atomic E-state index is 0.208. The zero-order valence-corrected chi connectivity index (χ0v) is 17.4. The molecule has 3 rings (SSSR count). The highest BCUT2D eigenvalue weighted by Crippen LogP contribution is 2.28. The van der Waals surface area contributed by atoms with Crippen LogP contribution in [0.1, 0.15) is 45.6 Å². The largest absolute Gasteiger partial charge is 0.492 e. The third-order valence-electron chi connectivity index (χ3n) is 5.53. The molecule has 1 N–H and O–H groups in total. The van der Waals surface area contributed by atoms with Crippen LogP contribution in [0.3, 0.4) is 0 Å². The smallest absolute Gasteiger partial charge is 0.119 e. The molecule has 0 aromatic heterocycles. The average Bonchev–Trinajstić information content (AvgIpc) is 3.24. The molecular weight excluding hydrogens is 350 g/mol. The number of hydrogen-bond acceptors (Lipinski definition) is 4. The summed E-state index contributed by atoms with van der Waals surface area (Å²) in [5.74, 6) is 1.79. The summed E-state index contributed by atoms with van der Waals surface area (Å²) in [6.07, 6.45) is 3.60. The molecule has 2 aromatic rings. The van der Waals surface area contributed by atoms with Crippen molar-refractivity contribution >= 4 is 5.69 Å². The Hall–Kier alpha value is -2.20. The first-order chi connectivity index (χ1) is 13.6. The Morgan fingerprint density at radius 2 is 1.68 bits per heavy atom. The van der Waals surface area contributed by atoms with E-state index in [0.29, 0.717) is 13.2 Å². The predicted octanol–water partition coefficient (Wildman–Crippen LogP) is 5.42. The van der Waals surface area contributed by atoms with Gasteiger partial charge in [0.15, 0.2) is 0 Å². The quantitative estimate of drug-likeness (QED) is 0.556. The van der Waals surface area contributed by atoms with E-state index in [9.17, 15) is 0 Å². The first-order valence-corrected chi connectivity index (χ1v) is 10.4. The second-order valence-electron chi connectivity index (χ2n) is 8.01. The molecule has 1 aliphatic heterocycles. The number of hydrogen-bond donors (Lipinski definition) is 1. The van der Waals surface area contributed by atoms with Crippen LogP contribution in [-0.2, 0) is 10.2 Å². The van der Waals surface area contributed by atoms with E-state index < -0.39 is 0 Å². The van der Waals surface area contributed by atoms with Gasteiger partial charge in [-0.15, -0.1) is 0 Å². The molecule has 1 heterocycles. The number of rotatable bonds is 10. The van der Waals surface area contributed by atoms with Crippen molar-refractivity contribution in [2.75, 3.05) is 31.7 Å². The lowest BCUT2D eigenvalue weighted by atomic mass is 9.82. The molecule has 1 fully saturated rings. The highest BCUT2D eigenvalue weighted by Gasteiger charge is 2.17. The second kappa shape index (κ2) is 9.83. The molecule has 1 atom stereocenters. The fourth-order valence-corrected chi connectivity index (χ4v) is 3.20. The summed E-state index contributed by atoms with van der Waals surface area (Å²) in [5, 5.41) is 3.38. The summed E-state index contributed by atoms with van der Waals surface area (Å²) in [6.45, 7) is 9.62. The Labute approximate surface area is 169 Å². The Bertz CT molecular complexity index is 704. The molecule has 0 aliphatic carbocycles. The summed E-state index contributed by atoms with van der Waals surface area (Å²) < 4.78 is 17.2. The lowest BCUT2D eigenvalue weighted by molar-refractivity contribution is 0.0679. The van der Waals surface area contributed by atoms with Gasteiger partial charge in [0, 0.05) is 18.8 Å². The van der Waals surface area contributed by atoms with Crippen LogP contribution in [0.15, 0.2) is 48.5 Å². The highest BCUT2D eigenvalue weighted by molar-refractivity contribution is 5.46. The molecule has 4 nitrogen and oxygen atoms in total. The van der Waals surface area contributed by atoms with E-state index >= 15 is 0 Å². The van der Waals surface area contributed by atoms with E-state index in [1.54, 1.807) is 0 Å². The van der Waals surface area contributed by atoms with E-state index in [1.165, 1.54) is 5.56 Å². The summed E-state index contributed by atoms with van der Waals surface area (Å²) >= 11 is 0. The summed E-state index contributed by atoms with van der Waals surface area (Å²) in [6, 6.07) is 16.5. The SMILES string of the molecule is CCC(C)(C)c1ccc(OCCNc2ccc(OCC3CCCO3)cc2)cc1. The second-order valence-corrected chi connectivity index (χ2v) is 8.01. The van der Waals surface area contributed by atoms with Gasteiger partial charge in [0.05, 0.1) is 6.10 Å². The van der Waals surface area contributed by atoms with E-state index in [2.05, 4.69) is 50.4 Å². The Morgan fingerprint density at radius 1 is 1.00 bits per heavy atom. The molecule has 1 saturated heterocycles. The van der Waals surface area contributed by atoms with Crippen LogP contribution in [0, 0.1) is 0 Å². The van der Waals surface area contributed by atoms with Gasteiger partial charge in [-0.1, -0.05) is 32.9 Å². The van der Waals surface area contributed by atoms with Crippen LogP contribution in [0.25, 0.3) is 0 Å². The molecule has 28 heavy (non-hydrogen) atoms. The normalized spacial score (nSPS) is 16.8. The summed E-state index contributed by atoms with van der Waals surface area (Å²) in [7, 11) is 0. The molecule has 0 bridgehead atoms. The standard InChI is InChI=1S/C24H33NO3/c1-4-24(2,3)19-7-11-21(12-8-19)27-17-15-25-20-9-13-22(14-10-20)28-18-23-6-5-16-26-23/h7-14,23,25H,4-6,15-18H2,1-3H3. The number of benzene rings is 2. The molecule has 4 heteroatoms. The van der Waals surface area contributed by atoms with Gasteiger partial charge < -0.3 is 19.5 Å². The first-order valence-electron chi connectivity index (χ1n) is 10.4. The Morgan fingerprint density at radius 3 is 2.32 bits per heavy atom. The van der Waals surface area contributed by atoms with Crippen molar-refractivity contribution in [2.24, 2.45) is 0 Å². The maximum Gasteiger partial charge on any atom is 0.119 e. The van der Waals surface area contributed by atoms with Gasteiger partial charge in [0.1, 0.15) is 24.7 Å². The van der Waals surface area contributed by atoms with E-state index in [4.69, 9.17) is 14.2 Å². The van der Waals surface area contributed by atoms with Crippen LogP contribution in [0.4, 0.5) is 5.69 Å². The molecule has 0 amide bonds. The first kappa shape index (κ1) is 20.5. The fourth-order valence-electron chi connectivity index (χ4n) is 3.20. The molecule has 0 spiro atoms. The van der Waals surface area contributed by atoms with Crippen molar-refractivity contribution in [3.63, 3.8) is 0 Å². The zero-order valence-electron chi connectivity index (χ0n) is 17.4. The van der Waals surface area contributed by atoms with Crippen LogP contribution >= 0.6 is 0 Å². The van der Waals surface area contributed by atoms with Crippen LogP contribution in [-0.4, -0.2) is 32.5 Å². The topological polar surface area (TPSA) is 39.7 Å². The van der Waals surface area contributed by atoms with E-state index in [-0.39, 0.29) is 11.5 Å². The van der Waals surface area contributed by atoms with Crippen molar-refractivity contribution in [2.45, 2.75) is 51.6 Å². The fraction of sp³-hybridized carbons (Fsp3) is 0.500. The van der Waals surface area contributed by atoms with E-state index in [0.717, 1.165) is 49.6 Å². The Kier molecular flexibility index (Phi) is 7.21. The average molecular weight is 384 g/mol. The number of nitrogens with one attached hydrogen (secondary N) is 1. The molecule has 0 saturated carbocycles. The molecule has 1 aliphatic rings. The molecular formula is C24H33NO3. The maximum atomic E-state index is 5.85. The number of ether oxygens (including phenoxy) is 3. The third kappa shape index (κ3) is 5.90. The minimum atomic E-state index is 0.208. The van der Waals surface area contributed by atoms with Crippen LogP contribution < -0.4 is 14.8 Å². The van der Waals surface area contributed by atoms with Crippen molar-refractivity contribution in [3.8, 4) is 11.5 Å². The predicted molar refractivity (Wildman–Crippen MR) is 115 cm³/mol. The summed E-state index contributed by atoms with van der Waals surface area (Å²) in [4.78, 5) is 0. The third-order valence-corrected chi connectivity index (χ3v) is 5.53. The van der Waals surface area contributed by atoms with Crippen molar-refractivity contribution in [3.05, 3.63) is 54.1 Å². The number of anilines is 1. The molecule has 2 aromatic carbocycles. The molecule has 152 valence electrons. The highest BCUT2D eigenvalue weighted by atomic mass is 16.5. The van der Waals surface area contributed by atoms with Gasteiger partial charge in [-0.25, -0.2) is 0 Å². The van der Waals surface area contributed by atoms with Gasteiger partial charge in [0.25, 0.3) is 0 Å². The van der Waals surface area contributed by atoms with Crippen LogP contribution in [0.2, 0.25) is 0 Å². The van der Waals surface area contributed by atoms with Crippen molar-refractivity contribution < 1.29 is 14.2 Å². The minimum Gasteiger partial charge on any atom is -0.492 e. The van der Waals surface area contributed by atoms with Gasteiger partial charge in [-0.3, -0.25) is 0 Å². The van der Waals surface area contributed by atoms with Gasteiger partial charge in [-0.05, 0) is 66.6 Å². The molecule has 1 unspecified atom stereocenters. The lowest BCUT2D eigenvalue weighted by Crippen LogP contribution is -2.16. The van der Waals surface area contributed by atoms with Gasteiger partial charge >= 0.3 is 0 Å². The monoisotopic (exact) mass is 383 g/mol. The van der Waals surface area contributed by atoms with Crippen LogP contribution in [0.5, 0.6) is 11.5 Å². The van der Waals surface area contributed by atoms with E-state index in [1.807, 2.05) is 24.3 Å². The molecule has 0 radical (unpaired) electrons. The van der Waals surface area contributed by atoms with Crippen molar-refractivity contribution in [1.29, 1.82) is 0 Å². The maximum absolute atomic E-state index is 5.85. The van der Waals surface area contributed by atoms with Crippen molar-refractivity contribution in [1.82, 2.24) is 0 Å². The van der Waals surface area contributed by atoms with Gasteiger partial charge in [0.2, 0.25) is 0 Å². The Balaban J connectivity index is 1.36.